The summed E-state index contributed by atoms with van der Waals surface area (Å²) < 4.78 is 94.2. The van der Waals surface area contributed by atoms with Crippen molar-refractivity contribution >= 4 is 32.3 Å². The molecule has 3 aromatic carbocycles. The quantitative estimate of drug-likeness (QED) is 0.0879. The molecule has 0 fully saturated rings. The molecule has 0 radical (unpaired) electrons. The summed E-state index contributed by atoms with van der Waals surface area (Å²) in [5.74, 6) is 3.37. The fraction of sp³-hybridized carbons (Fsp3) is 0.226. The number of hydrogen-bond acceptors (Lipinski definition) is 6. The SMILES string of the molecule is C=S(C)N(c1ccc(Oc2ccc(C(Cc3cc[n+](OC)cc3)c3ccc(OC(F)F)c(OC(F)F)c3)cc2)cc1)S(C)(=O)=O. The number of halogens is 4. The minimum Gasteiger partial charge on any atom is -0.457 e. The highest BCUT2D eigenvalue weighted by Gasteiger charge is 2.22. The highest BCUT2D eigenvalue weighted by molar-refractivity contribution is 8.23. The summed E-state index contributed by atoms with van der Waals surface area (Å²) in [7, 11) is -2.81. The van der Waals surface area contributed by atoms with Crippen LogP contribution < -0.4 is 27.5 Å². The molecule has 4 aromatic rings. The zero-order chi connectivity index (χ0) is 32.7. The van der Waals surface area contributed by atoms with Gasteiger partial charge in [0.1, 0.15) is 18.6 Å². The van der Waals surface area contributed by atoms with Crippen LogP contribution in [0.25, 0.3) is 0 Å². The van der Waals surface area contributed by atoms with Crippen LogP contribution in [0, 0.1) is 0 Å². The van der Waals surface area contributed by atoms with Crippen LogP contribution in [0.3, 0.4) is 0 Å². The lowest BCUT2D eigenvalue weighted by molar-refractivity contribution is -0.885. The second-order valence-corrected chi connectivity index (χ2v) is 13.4. The van der Waals surface area contributed by atoms with Crippen molar-refractivity contribution < 1.29 is 49.8 Å². The standard InChI is InChI=1S/C31H31F4N2O6S2/c1-40-36-17-15-21(16-18-36)19-27(23-7-14-28(42-30(32)33)29(20-23)43-31(34)35)22-5-10-25(11-6-22)41-26-12-8-24(9-13-26)37(44(2)3)45(4,38)39/h5-18,20,27,30-31H,2,19H2,1,3-4H3/q+1. The number of rotatable bonds is 14. The summed E-state index contributed by atoms with van der Waals surface area (Å²) in [4.78, 5) is 5.15. The van der Waals surface area contributed by atoms with E-state index in [0.717, 1.165) is 17.4 Å². The molecule has 0 saturated carbocycles. The van der Waals surface area contributed by atoms with Gasteiger partial charge in [-0.15, -0.1) is 0 Å². The number of alkyl halides is 4. The van der Waals surface area contributed by atoms with E-state index in [9.17, 15) is 26.0 Å². The van der Waals surface area contributed by atoms with Crippen LogP contribution in [-0.2, 0) is 16.4 Å². The Hall–Kier alpha value is -4.30. The van der Waals surface area contributed by atoms with Crippen LogP contribution in [-0.4, -0.2) is 47.1 Å². The normalized spacial score (nSPS) is 12.9. The van der Waals surface area contributed by atoms with Crippen LogP contribution in [0.4, 0.5) is 23.2 Å². The van der Waals surface area contributed by atoms with Crippen LogP contribution >= 0.6 is 10.7 Å². The van der Waals surface area contributed by atoms with E-state index in [0.29, 0.717) is 29.2 Å². The van der Waals surface area contributed by atoms with Gasteiger partial charge < -0.3 is 14.2 Å². The van der Waals surface area contributed by atoms with Crippen molar-refractivity contribution in [3.8, 4) is 23.0 Å². The first-order chi connectivity index (χ1) is 21.3. The van der Waals surface area contributed by atoms with Crippen molar-refractivity contribution in [3.05, 3.63) is 108 Å². The Balaban J connectivity index is 1.63. The first kappa shape index (κ1) is 33.6. The van der Waals surface area contributed by atoms with Crippen LogP contribution in [0.1, 0.15) is 22.6 Å². The number of ether oxygens (including phenoxy) is 3. The van der Waals surface area contributed by atoms with Crippen molar-refractivity contribution in [2.45, 2.75) is 25.6 Å². The second-order valence-electron chi connectivity index (χ2n) is 9.72. The summed E-state index contributed by atoms with van der Waals surface area (Å²) in [6, 6.07) is 21.3. The predicted octanol–water partition coefficient (Wildman–Crippen LogP) is 6.41. The van der Waals surface area contributed by atoms with Gasteiger partial charge in [0.2, 0.25) is 22.4 Å². The molecule has 4 rings (SSSR count). The number of nitrogens with zero attached hydrogens (tertiary/aromatic N) is 2. The average Bonchev–Trinajstić information content (AvgIpc) is 2.97. The van der Waals surface area contributed by atoms with Gasteiger partial charge >= 0.3 is 13.2 Å². The van der Waals surface area contributed by atoms with Crippen LogP contribution in [0.2, 0.25) is 0 Å². The van der Waals surface area contributed by atoms with Crippen molar-refractivity contribution in [2.24, 2.45) is 0 Å². The number of benzene rings is 3. The van der Waals surface area contributed by atoms with Crippen molar-refractivity contribution in [3.63, 3.8) is 0 Å². The molecule has 8 nitrogen and oxygen atoms in total. The van der Waals surface area contributed by atoms with Crippen molar-refractivity contribution in [1.29, 1.82) is 0 Å². The maximum Gasteiger partial charge on any atom is 0.387 e. The third kappa shape index (κ3) is 9.11. The topological polar surface area (TPSA) is 78.2 Å². The smallest absolute Gasteiger partial charge is 0.387 e. The van der Waals surface area contributed by atoms with Gasteiger partial charge in [0, 0.05) is 22.8 Å². The predicted molar refractivity (Wildman–Crippen MR) is 165 cm³/mol. The summed E-state index contributed by atoms with van der Waals surface area (Å²) >= 11 is 0. The molecule has 45 heavy (non-hydrogen) atoms. The highest BCUT2D eigenvalue weighted by Crippen LogP contribution is 2.38. The summed E-state index contributed by atoms with van der Waals surface area (Å²) in [6.45, 7) is -6.47. The third-order valence-electron chi connectivity index (χ3n) is 6.47. The molecule has 14 heteroatoms. The summed E-state index contributed by atoms with van der Waals surface area (Å²) in [5.41, 5.74) is 2.65. The van der Waals surface area contributed by atoms with Gasteiger partial charge in [0.05, 0.1) is 11.9 Å². The van der Waals surface area contributed by atoms with E-state index in [2.05, 4.69) is 15.3 Å². The van der Waals surface area contributed by atoms with E-state index >= 15 is 0 Å². The molecule has 1 heterocycles. The highest BCUT2D eigenvalue weighted by atomic mass is 32.3. The lowest BCUT2D eigenvalue weighted by atomic mass is 9.86. The number of pyridine rings is 1. The van der Waals surface area contributed by atoms with E-state index in [1.807, 2.05) is 12.1 Å². The lowest BCUT2D eigenvalue weighted by Crippen LogP contribution is -2.39. The molecular weight excluding hydrogens is 636 g/mol. The zero-order valence-electron chi connectivity index (χ0n) is 24.5. The van der Waals surface area contributed by atoms with Crippen molar-refractivity contribution in [1.82, 2.24) is 0 Å². The Bertz CT molecular complexity index is 1710. The summed E-state index contributed by atoms with van der Waals surface area (Å²) in [5, 5.41) is 0. The van der Waals surface area contributed by atoms with Gasteiger partial charge in [-0.05, 0) is 77.9 Å². The molecule has 0 aliphatic carbocycles. The Kier molecular flexibility index (Phi) is 10.9. The van der Waals surface area contributed by atoms with Gasteiger partial charge in [0.15, 0.2) is 11.5 Å². The second kappa shape index (κ2) is 14.7. The van der Waals surface area contributed by atoms with Gasteiger partial charge in [0.25, 0.3) is 0 Å². The van der Waals surface area contributed by atoms with E-state index in [1.165, 1.54) is 33.7 Å². The van der Waals surface area contributed by atoms with Gasteiger partial charge in [-0.25, -0.2) is 12.1 Å². The minimum atomic E-state index is -3.52. The molecule has 0 spiro atoms. The number of hydrogen-bond donors (Lipinski definition) is 0. The molecule has 2 unspecified atom stereocenters. The molecule has 0 aliphatic rings. The molecule has 240 valence electrons. The number of aromatic nitrogens is 1. The molecule has 0 saturated heterocycles. The van der Waals surface area contributed by atoms with Crippen LogP contribution in [0.5, 0.6) is 23.0 Å². The summed E-state index contributed by atoms with van der Waals surface area (Å²) in [6.07, 6.45) is 6.66. The first-order valence-electron chi connectivity index (χ1n) is 13.3. The van der Waals surface area contributed by atoms with E-state index < -0.39 is 51.3 Å². The molecule has 0 N–H and O–H groups in total. The molecule has 0 bridgehead atoms. The molecular formula is C31H31F4N2O6S2+. The maximum absolute atomic E-state index is 13.2. The Morgan fingerprint density at radius 3 is 1.87 bits per heavy atom. The van der Waals surface area contributed by atoms with Gasteiger partial charge in [-0.2, -0.15) is 17.6 Å². The maximum atomic E-state index is 13.2. The Morgan fingerprint density at radius 2 is 1.36 bits per heavy atom. The average molecular weight is 668 g/mol. The van der Waals surface area contributed by atoms with E-state index in [1.54, 1.807) is 67.2 Å². The lowest BCUT2D eigenvalue weighted by Gasteiger charge is -2.23. The Labute approximate surface area is 261 Å². The number of sulfonamides is 1. The largest absolute Gasteiger partial charge is 0.457 e. The third-order valence-corrected chi connectivity index (χ3v) is 9.64. The monoisotopic (exact) mass is 667 g/mol. The van der Waals surface area contributed by atoms with Gasteiger partial charge in [-0.1, -0.05) is 34.7 Å². The molecule has 2 atom stereocenters. The van der Waals surface area contributed by atoms with Gasteiger partial charge in [-0.3, -0.25) is 4.84 Å². The van der Waals surface area contributed by atoms with E-state index in [-0.39, 0.29) is 0 Å². The zero-order valence-corrected chi connectivity index (χ0v) is 26.1. The molecule has 1 aromatic heterocycles. The Morgan fingerprint density at radius 1 is 0.822 bits per heavy atom. The van der Waals surface area contributed by atoms with E-state index in [4.69, 9.17) is 9.57 Å². The minimum absolute atomic E-state index is 0.412. The van der Waals surface area contributed by atoms with Crippen LogP contribution in [0.15, 0.2) is 91.3 Å². The number of anilines is 1. The molecule has 0 amide bonds. The fourth-order valence-electron chi connectivity index (χ4n) is 4.63. The molecule has 0 aliphatic heterocycles. The van der Waals surface area contributed by atoms with Crippen molar-refractivity contribution in [2.75, 3.05) is 23.3 Å². The fourth-order valence-corrected chi connectivity index (χ4v) is 7.47. The first-order valence-corrected chi connectivity index (χ1v) is 16.9.